The van der Waals surface area contributed by atoms with Gasteiger partial charge >= 0.3 is 0 Å². The van der Waals surface area contributed by atoms with E-state index in [9.17, 15) is 4.79 Å². The van der Waals surface area contributed by atoms with Crippen molar-refractivity contribution >= 4 is 5.91 Å². The molecule has 0 bridgehead atoms. The van der Waals surface area contributed by atoms with Crippen LogP contribution in [0, 0.1) is 28.6 Å². The molecule has 122 valence electrons. The minimum atomic E-state index is 0.0487. The monoisotopic (exact) mass is 304 g/mol. The lowest BCUT2D eigenvalue weighted by atomic mass is 9.99. The summed E-state index contributed by atoms with van der Waals surface area (Å²) in [5.74, 6) is 0.604. The van der Waals surface area contributed by atoms with Gasteiger partial charge in [-0.15, -0.1) is 0 Å². The van der Waals surface area contributed by atoms with Crippen molar-refractivity contribution in [2.75, 3.05) is 19.6 Å². The normalized spacial score (nSPS) is 16.6. The van der Waals surface area contributed by atoms with Crippen molar-refractivity contribution < 1.29 is 4.79 Å². The Morgan fingerprint density at radius 2 is 1.73 bits per heavy atom. The molecule has 22 heavy (non-hydrogen) atoms. The molecule has 0 N–H and O–H groups in total. The molecule has 1 aliphatic rings. The summed E-state index contributed by atoms with van der Waals surface area (Å²) < 4.78 is 0. The zero-order valence-electron chi connectivity index (χ0n) is 14.1. The van der Waals surface area contributed by atoms with Crippen LogP contribution in [0.15, 0.2) is 0 Å². The Bertz CT molecular complexity index is 415. The van der Waals surface area contributed by atoms with E-state index in [-0.39, 0.29) is 5.91 Å². The first-order valence-corrected chi connectivity index (χ1v) is 8.32. The Balaban J connectivity index is 2.66. The first-order chi connectivity index (χ1) is 10.5. The lowest BCUT2D eigenvalue weighted by molar-refractivity contribution is -0.133. The number of hydrogen-bond donors (Lipinski definition) is 0. The highest BCUT2D eigenvalue weighted by atomic mass is 16.2. The van der Waals surface area contributed by atoms with Crippen molar-refractivity contribution in [3.8, 4) is 12.1 Å². The predicted octanol–water partition coefficient (Wildman–Crippen LogP) is 2.54. The van der Waals surface area contributed by atoms with Crippen molar-refractivity contribution in [1.29, 1.82) is 10.5 Å². The van der Waals surface area contributed by atoms with Crippen molar-refractivity contribution in [1.82, 2.24) is 9.80 Å². The number of nitrogens with zero attached hydrogens (tertiary/aromatic N) is 4. The van der Waals surface area contributed by atoms with E-state index < -0.39 is 0 Å². The van der Waals surface area contributed by atoms with Gasteiger partial charge in [-0.2, -0.15) is 10.5 Å². The molecule has 1 amide bonds. The number of carbonyl (C=O) groups is 1. The fourth-order valence-corrected chi connectivity index (χ4v) is 2.67. The maximum atomic E-state index is 12.6. The molecule has 5 heteroatoms. The molecule has 0 saturated heterocycles. The number of rotatable bonds is 10. The van der Waals surface area contributed by atoms with Crippen LogP contribution in [-0.2, 0) is 4.79 Å². The summed E-state index contributed by atoms with van der Waals surface area (Å²) in [5, 5.41) is 17.5. The van der Waals surface area contributed by atoms with E-state index in [1.807, 2.05) is 0 Å². The lowest BCUT2D eigenvalue weighted by Gasteiger charge is -2.34. The van der Waals surface area contributed by atoms with Gasteiger partial charge in [-0.1, -0.05) is 20.3 Å². The van der Waals surface area contributed by atoms with Crippen LogP contribution in [-0.4, -0.2) is 47.4 Å². The second-order valence-electron chi connectivity index (χ2n) is 6.23. The highest BCUT2D eigenvalue weighted by Gasteiger charge is 2.35. The van der Waals surface area contributed by atoms with Crippen LogP contribution in [0.1, 0.15) is 52.9 Å². The third-order valence-electron chi connectivity index (χ3n) is 4.66. The van der Waals surface area contributed by atoms with Gasteiger partial charge in [0.15, 0.2) is 0 Å². The number of carbonyl (C=O) groups excluding carboxylic acids is 1. The molecule has 1 saturated carbocycles. The largest absolute Gasteiger partial charge is 0.340 e. The molecule has 0 spiro atoms. The molecular formula is C17H28N4O. The van der Waals surface area contributed by atoms with Gasteiger partial charge in [0.1, 0.15) is 0 Å². The average Bonchev–Trinajstić information content (AvgIpc) is 3.35. The average molecular weight is 304 g/mol. The quantitative estimate of drug-likeness (QED) is 0.622. The van der Waals surface area contributed by atoms with E-state index in [2.05, 4.69) is 37.8 Å². The third kappa shape index (κ3) is 5.66. The second kappa shape index (κ2) is 9.43. The summed E-state index contributed by atoms with van der Waals surface area (Å²) in [7, 11) is 0. The summed E-state index contributed by atoms with van der Waals surface area (Å²) in [6.45, 7) is 7.87. The van der Waals surface area contributed by atoms with Gasteiger partial charge in [0.25, 0.3) is 0 Å². The minimum absolute atomic E-state index is 0.0487. The van der Waals surface area contributed by atoms with Crippen LogP contribution in [0.2, 0.25) is 0 Å². The van der Waals surface area contributed by atoms with Crippen LogP contribution >= 0.6 is 0 Å². The molecule has 0 heterocycles. The molecule has 1 rings (SSSR count). The number of hydrogen-bond acceptors (Lipinski definition) is 4. The predicted molar refractivity (Wildman–Crippen MR) is 85.7 cm³/mol. The van der Waals surface area contributed by atoms with Gasteiger partial charge in [-0.25, -0.2) is 0 Å². The van der Waals surface area contributed by atoms with Gasteiger partial charge in [0.05, 0.1) is 31.5 Å². The third-order valence-corrected chi connectivity index (χ3v) is 4.66. The molecule has 0 radical (unpaired) electrons. The highest BCUT2D eigenvalue weighted by molar-refractivity contribution is 5.78. The molecule has 0 aromatic rings. The number of amides is 1. The van der Waals surface area contributed by atoms with E-state index in [1.54, 1.807) is 4.90 Å². The fraction of sp³-hybridized carbons (Fsp3) is 0.824. The summed E-state index contributed by atoms with van der Waals surface area (Å²) in [6.07, 6.45) is 4.09. The Hall–Kier alpha value is -1.59. The molecule has 2 atom stereocenters. The van der Waals surface area contributed by atoms with E-state index >= 15 is 0 Å². The van der Waals surface area contributed by atoms with Crippen LogP contribution in [0.3, 0.4) is 0 Å². The van der Waals surface area contributed by atoms with E-state index in [0.29, 0.717) is 50.5 Å². The lowest BCUT2D eigenvalue weighted by Crippen LogP contribution is -2.47. The van der Waals surface area contributed by atoms with Crippen molar-refractivity contribution in [3.63, 3.8) is 0 Å². The maximum Gasteiger partial charge on any atom is 0.236 e. The molecule has 0 unspecified atom stereocenters. The molecule has 5 nitrogen and oxygen atoms in total. The smallest absolute Gasteiger partial charge is 0.236 e. The molecule has 0 aliphatic heterocycles. The Kier molecular flexibility index (Phi) is 7.91. The van der Waals surface area contributed by atoms with Crippen molar-refractivity contribution in [2.45, 2.75) is 65.0 Å². The maximum absolute atomic E-state index is 12.6. The van der Waals surface area contributed by atoms with Gasteiger partial charge in [-0.3, -0.25) is 9.69 Å². The molecular weight excluding hydrogens is 276 g/mol. The van der Waals surface area contributed by atoms with Crippen molar-refractivity contribution in [2.24, 2.45) is 5.92 Å². The van der Waals surface area contributed by atoms with E-state index in [4.69, 9.17) is 10.5 Å². The van der Waals surface area contributed by atoms with Gasteiger partial charge in [0, 0.05) is 25.2 Å². The second-order valence-corrected chi connectivity index (χ2v) is 6.23. The SMILES string of the molecule is CC[C@@H](C)[C@H](C)N(CC(=O)N(CCC#N)CCC#N)C1CC1. The Morgan fingerprint density at radius 1 is 1.18 bits per heavy atom. The van der Waals surface area contributed by atoms with Crippen LogP contribution in [0.25, 0.3) is 0 Å². The number of nitriles is 2. The summed E-state index contributed by atoms with van der Waals surface area (Å²) in [6, 6.07) is 5.07. The van der Waals surface area contributed by atoms with Crippen LogP contribution < -0.4 is 0 Å². The van der Waals surface area contributed by atoms with E-state index in [0.717, 1.165) is 6.42 Å². The molecule has 0 aromatic heterocycles. The zero-order valence-corrected chi connectivity index (χ0v) is 14.1. The Morgan fingerprint density at radius 3 is 2.14 bits per heavy atom. The zero-order chi connectivity index (χ0) is 16.5. The van der Waals surface area contributed by atoms with E-state index in [1.165, 1.54) is 12.8 Å². The van der Waals surface area contributed by atoms with Crippen LogP contribution in [0.5, 0.6) is 0 Å². The fourth-order valence-electron chi connectivity index (χ4n) is 2.67. The van der Waals surface area contributed by atoms with Gasteiger partial charge in [-0.05, 0) is 25.7 Å². The van der Waals surface area contributed by atoms with Gasteiger partial charge in [0.2, 0.25) is 5.91 Å². The summed E-state index contributed by atoms with van der Waals surface area (Å²) >= 11 is 0. The molecule has 1 fully saturated rings. The van der Waals surface area contributed by atoms with Crippen molar-refractivity contribution in [3.05, 3.63) is 0 Å². The Labute approximate surface area is 134 Å². The summed E-state index contributed by atoms with van der Waals surface area (Å²) in [4.78, 5) is 16.6. The highest BCUT2D eigenvalue weighted by Crippen LogP contribution is 2.31. The molecule has 0 aromatic carbocycles. The first-order valence-electron chi connectivity index (χ1n) is 8.32. The minimum Gasteiger partial charge on any atom is -0.340 e. The summed E-state index contributed by atoms with van der Waals surface area (Å²) in [5.41, 5.74) is 0. The topological polar surface area (TPSA) is 71.1 Å². The molecule has 1 aliphatic carbocycles. The first kappa shape index (κ1) is 18.5. The van der Waals surface area contributed by atoms with Gasteiger partial charge < -0.3 is 4.90 Å². The standard InChI is InChI=1S/C17H28N4O/c1-4-14(2)15(3)21(16-7-8-16)13-17(22)20(11-5-9-18)12-6-10-19/h14-16H,4-8,11-13H2,1-3H3/t14-,15+/m1/s1. The van der Waals surface area contributed by atoms with Crippen LogP contribution in [0.4, 0.5) is 0 Å².